The molecule has 0 spiro atoms. The molecule has 13 nitrogen and oxygen atoms in total. The van der Waals surface area contributed by atoms with Gasteiger partial charge in [-0.25, -0.2) is 0 Å². The van der Waals surface area contributed by atoms with E-state index in [1.54, 1.807) is 6.92 Å². The molecule has 2 aliphatic rings. The number of ether oxygens (including phenoxy) is 6. The van der Waals surface area contributed by atoms with Crippen molar-refractivity contribution in [3.8, 4) is 0 Å². The fourth-order valence-electron chi connectivity index (χ4n) is 3.32. The van der Waals surface area contributed by atoms with Crippen molar-refractivity contribution in [2.45, 2.75) is 87.5 Å². The van der Waals surface area contributed by atoms with E-state index in [0.29, 0.717) is 0 Å². The first kappa shape index (κ1) is 27.7. The Labute approximate surface area is 186 Å². The van der Waals surface area contributed by atoms with Crippen LogP contribution in [0.2, 0.25) is 0 Å². The maximum absolute atomic E-state index is 10.4. The fourth-order valence-corrected chi connectivity index (χ4v) is 3.32. The SMILES string of the molecule is COC(C)COC[C@@H]1O[C@@H](O)C(O)C(O)[C@@H]1O[C@@H]1OC(COCC(C)O)[C@@H](O)[C@H](O)C1O. The minimum atomic E-state index is -1.71. The van der Waals surface area contributed by atoms with Crippen LogP contribution in [-0.4, -0.2) is 143 Å². The van der Waals surface area contributed by atoms with E-state index in [9.17, 15) is 35.7 Å². The Morgan fingerprint density at radius 2 is 1.38 bits per heavy atom. The molecule has 2 heterocycles. The molecule has 13 heteroatoms. The van der Waals surface area contributed by atoms with Crippen molar-refractivity contribution in [1.29, 1.82) is 0 Å². The number of aliphatic hydroxyl groups excluding tert-OH is 7. The summed E-state index contributed by atoms with van der Waals surface area (Å²) in [6.45, 7) is 3.02. The van der Waals surface area contributed by atoms with Gasteiger partial charge < -0.3 is 64.2 Å². The zero-order valence-corrected chi connectivity index (χ0v) is 18.3. The van der Waals surface area contributed by atoms with Gasteiger partial charge in [0, 0.05) is 7.11 Å². The second-order valence-electron chi connectivity index (χ2n) is 8.13. The maximum atomic E-state index is 10.4. The molecule has 12 atom stereocenters. The van der Waals surface area contributed by atoms with E-state index >= 15 is 0 Å². The minimum absolute atomic E-state index is 0.0463. The quantitative estimate of drug-likeness (QED) is 0.154. The number of methoxy groups -OCH3 is 1. The van der Waals surface area contributed by atoms with Crippen LogP contribution in [-0.2, 0) is 28.4 Å². The van der Waals surface area contributed by atoms with Gasteiger partial charge in [0.2, 0.25) is 0 Å². The van der Waals surface area contributed by atoms with Crippen molar-refractivity contribution in [2.75, 3.05) is 33.5 Å². The monoisotopic (exact) mass is 472 g/mol. The average Bonchev–Trinajstić information content (AvgIpc) is 2.75. The molecule has 0 aromatic carbocycles. The standard InChI is InChI=1S/C19H36O13/c1-8(20)4-28-6-10-12(21)13(22)16(25)19(31-10)32-17-11(7-29-5-9(2)27-3)30-18(26)15(24)14(17)23/h8-26H,4-7H2,1-3H3/t8?,9?,10?,11-,12+,13-,14?,15?,16?,17+,18+,19-/m0/s1. The summed E-state index contributed by atoms with van der Waals surface area (Å²) in [7, 11) is 1.50. The first-order chi connectivity index (χ1) is 15.1. The Morgan fingerprint density at radius 3 is 2.00 bits per heavy atom. The van der Waals surface area contributed by atoms with E-state index in [0.717, 1.165) is 0 Å². The summed E-state index contributed by atoms with van der Waals surface area (Å²) in [5.41, 5.74) is 0. The molecule has 190 valence electrons. The first-order valence-electron chi connectivity index (χ1n) is 10.5. The van der Waals surface area contributed by atoms with E-state index in [1.807, 2.05) is 0 Å². The predicted octanol–water partition coefficient (Wildman–Crippen LogP) is -3.93. The molecule has 7 N–H and O–H groups in total. The van der Waals surface area contributed by atoms with Gasteiger partial charge in [-0.15, -0.1) is 0 Å². The lowest BCUT2D eigenvalue weighted by atomic mass is 9.97. The highest BCUT2D eigenvalue weighted by molar-refractivity contribution is 4.94. The van der Waals surface area contributed by atoms with Crippen LogP contribution < -0.4 is 0 Å². The highest BCUT2D eigenvalue weighted by atomic mass is 16.7. The third-order valence-electron chi connectivity index (χ3n) is 5.30. The average molecular weight is 472 g/mol. The van der Waals surface area contributed by atoms with Gasteiger partial charge in [-0.1, -0.05) is 0 Å². The van der Waals surface area contributed by atoms with E-state index in [-0.39, 0.29) is 32.5 Å². The van der Waals surface area contributed by atoms with Gasteiger partial charge in [-0.3, -0.25) is 0 Å². The van der Waals surface area contributed by atoms with Gasteiger partial charge in [-0.05, 0) is 13.8 Å². The molecule has 0 bridgehead atoms. The van der Waals surface area contributed by atoms with Crippen LogP contribution in [0.1, 0.15) is 13.8 Å². The smallest absolute Gasteiger partial charge is 0.187 e. The molecule has 0 aromatic rings. The van der Waals surface area contributed by atoms with Crippen molar-refractivity contribution in [3.05, 3.63) is 0 Å². The van der Waals surface area contributed by atoms with E-state index < -0.39 is 67.5 Å². The van der Waals surface area contributed by atoms with Gasteiger partial charge >= 0.3 is 0 Å². The molecule has 2 fully saturated rings. The summed E-state index contributed by atoms with van der Waals surface area (Å²) >= 11 is 0. The van der Waals surface area contributed by atoms with Crippen LogP contribution in [0, 0.1) is 0 Å². The summed E-state index contributed by atoms with van der Waals surface area (Å²) in [5.74, 6) is 0. The van der Waals surface area contributed by atoms with Crippen molar-refractivity contribution in [1.82, 2.24) is 0 Å². The van der Waals surface area contributed by atoms with Crippen molar-refractivity contribution < 1.29 is 64.2 Å². The predicted molar refractivity (Wildman–Crippen MR) is 104 cm³/mol. The van der Waals surface area contributed by atoms with Gasteiger partial charge in [0.15, 0.2) is 12.6 Å². The van der Waals surface area contributed by atoms with Crippen molar-refractivity contribution in [3.63, 3.8) is 0 Å². The van der Waals surface area contributed by atoms with E-state index in [2.05, 4.69) is 0 Å². The second kappa shape index (κ2) is 12.8. The summed E-state index contributed by atoms with van der Waals surface area (Å²) in [6.07, 6.45) is -16.0. The number of hydrogen-bond donors (Lipinski definition) is 7. The number of hydrogen-bond acceptors (Lipinski definition) is 13. The van der Waals surface area contributed by atoms with Crippen LogP contribution in [0.3, 0.4) is 0 Å². The van der Waals surface area contributed by atoms with Crippen LogP contribution in [0.15, 0.2) is 0 Å². The molecule has 2 rings (SSSR count). The Bertz CT molecular complexity index is 537. The second-order valence-corrected chi connectivity index (χ2v) is 8.13. The minimum Gasteiger partial charge on any atom is -0.391 e. The molecule has 0 aliphatic carbocycles. The van der Waals surface area contributed by atoms with Crippen LogP contribution in [0.5, 0.6) is 0 Å². The molecule has 0 radical (unpaired) electrons. The summed E-state index contributed by atoms with van der Waals surface area (Å²) in [6, 6.07) is 0. The van der Waals surface area contributed by atoms with E-state index in [4.69, 9.17) is 28.4 Å². The Kier molecular flexibility index (Phi) is 11.1. The maximum Gasteiger partial charge on any atom is 0.187 e. The van der Waals surface area contributed by atoms with Crippen molar-refractivity contribution in [2.24, 2.45) is 0 Å². The normalized spacial score (nSPS) is 42.6. The van der Waals surface area contributed by atoms with Crippen LogP contribution >= 0.6 is 0 Å². The lowest BCUT2D eigenvalue weighted by molar-refractivity contribution is -0.356. The van der Waals surface area contributed by atoms with Crippen LogP contribution in [0.25, 0.3) is 0 Å². The molecule has 0 amide bonds. The number of rotatable bonds is 11. The van der Waals surface area contributed by atoms with Gasteiger partial charge in [0.25, 0.3) is 0 Å². The molecule has 32 heavy (non-hydrogen) atoms. The lowest BCUT2D eigenvalue weighted by Gasteiger charge is -2.45. The zero-order chi connectivity index (χ0) is 24.0. The van der Waals surface area contributed by atoms with E-state index in [1.165, 1.54) is 14.0 Å². The highest BCUT2D eigenvalue weighted by Crippen LogP contribution is 2.29. The third-order valence-corrected chi connectivity index (χ3v) is 5.30. The Hall–Kier alpha value is -0.520. The van der Waals surface area contributed by atoms with Gasteiger partial charge in [-0.2, -0.15) is 0 Å². The van der Waals surface area contributed by atoms with Gasteiger partial charge in [0.1, 0.15) is 48.8 Å². The molecule has 0 aromatic heterocycles. The molecule has 2 saturated heterocycles. The van der Waals surface area contributed by atoms with Crippen LogP contribution in [0.4, 0.5) is 0 Å². The fraction of sp³-hybridized carbons (Fsp3) is 1.00. The third kappa shape index (κ3) is 7.24. The molecule has 0 saturated carbocycles. The Morgan fingerprint density at radius 1 is 0.750 bits per heavy atom. The van der Waals surface area contributed by atoms with Gasteiger partial charge in [0.05, 0.1) is 38.6 Å². The molecule has 6 unspecified atom stereocenters. The molecule has 2 aliphatic heterocycles. The summed E-state index contributed by atoms with van der Waals surface area (Å²) in [5, 5.41) is 70.2. The lowest BCUT2D eigenvalue weighted by Crippen LogP contribution is -2.64. The molecular formula is C19H36O13. The molecular weight excluding hydrogens is 436 g/mol. The zero-order valence-electron chi connectivity index (χ0n) is 18.3. The first-order valence-corrected chi connectivity index (χ1v) is 10.5. The highest BCUT2D eigenvalue weighted by Gasteiger charge is 2.50. The Balaban J connectivity index is 2.07. The largest absolute Gasteiger partial charge is 0.391 e. The van der Waals surface area contributed by atoms with Crippen molar-refractivity contribution >= 4 is 0 Å². The number of aliphatic hydroxyl groups is 7. The summed E-state index contributed by atoms with van der Waals surface area (Å²) in [4.78, 5) is 0. The summed E-state index contributed by atoms with van der Waals surface area (Å²) < 4.78 is 32.2. The topological polar surface area (TPSA) is 197 Å².